The van der Waals surface area contributed by atoms with Gasteiger partial charge in [0.15, 0.2) is 0 Å². The van der Waals surface area contributed by atoms with Crippen molar-refractivity contribution >= 4 is 13.8 Å². The summed E-state index contributed by atoms with van der Waals surface area (Å²) < 4.78 is 33.6. The van der Waals surface area contributed by atoms with E-state index in [0.717, 1.165) is 103 Å². The van der Waals surface area contributed by atoms with Gasteiger partial charge in [-0.1, -0.05) is 220 Å². The Labute approximate surface area is 418 Å². The smallest absolute Gasteiger partial charge is 0.457 e. The first-order valence-electron chi connectivity index (χ1n) is 27.4. The van der Waals surface area contributed by atoms with Gasteiger partial charge in [-0.3, -0.25) is 13.8 Å². The number of carbonyl (C=O) groups excluding carboxylic acids is 1. The molecule has 8 nitrogen and oxygen atoms in total. The molecule has 0 aromatic rings. The lowest BCUT2D eigenvalue weighted by Gasteiger charge is -2.20. The van der Waals surface area contributed by atoms with Crippen molar-refractivity contribution in [2.24, 2.45) is 5.73 Å². The first-order valence-corrected chi connectivity index (χ1v) is 28.9. The predicted octanol–water partition coefficient (Wildman–Crippen LogP) is 17.5. The quantitative estimate of drug-likeness (QED) is 0.0268. The number of unbranched alkanes of at least 4 members (excludes halogenated alkanes) is 20. The van der Waals surface area contributed by atoms with Crippen LogP contribution in [0.4, 0.5) is 0 Å². The van der Waals surface area contributed by atoms with Gasteiger partial charge in [0.2, 0.25) is 0 Å². The molecular weight excluding hydrogens is 866 g/mol. The van der Waals surface area contributed by atoms with E-state index in [2.05, 4.69) is 123 Å². The number of carbonyl (C=O) groups is 1. The van der Waals surface area contributed by atoms with E-state index in [0.29, 0.717) is 13.0 Å². The summed E-state index contributed by atoms with van der Waals surface area (Å²) in [5.41, 5.74) is 5.40. The second kappa shape index (κ2) is 55.1. The molecule has 0 aliphatic heterocycles. The second-order valence-corrected chi connectivity index (χ2v) is 19.2. The van der Waals surface area contributed by atoms with Crippen molar-refractivity contribution in [1.29, 1.82) is 0 Å². The SMILES string of the molecule is CC/C=C\C/C=C\C/C=C\C/C=C\C/C=C\C/C=C\CCCCCCCCCOCC(COP(=O)(O)OCCN)OC(=O)CCCCCCCCCC/C=C\C/C=C\C/C=C\CCCCCCC. The second-order valence-electron chi connectivity index (χ2n) is 17.7. The molecule has 0 saturated heterocycles. The average molecular weight is 968 g/mol. The van der Waals surface area contributed by atoms with Gasteiger partial charge < -0.3 is 20.1 Å². The molecule has 0 fully saturated rings. The van der Waals surface area contributed by atoms with Gasteiger partial charge in [-0.2, -0.15) is 0 Å². The molecule has 0 bridgehead atoms. The molecule has 3 N–H and O–H groups in total. The Kier molecular flexibility index (Phi) is 52.8. The van der Waals surface area contributed by atoms with Crippen LogP contribution in [-0.4, -0.2) is 49.9 Å². The summed E-state index contributed by atoms with van der Waals surface area (Å²) in [6.07, 6.45) is 75.5. The van der Waals surface area contributed by atoms with Crippen molar-refractivity contribution in [1.82, 2.24) is 0 Å². The molecule has 68 heavy (non-hydrogen) atoms. The van der Waals surface area contributed by atoms with Gasteiger partial charge in [0, 0.05) is 19.6 Å². The number of rotatable bonds is 51. The Balaban J connectivity index is 4.01. The minimum absolute atomic E-state index is 0.0909. The van der Waals surface area contributed by atoms with Crippen LogP contribution in [0.5, 0.6) is 0 Å². The average Bonchev–Trinajstić information content (AvgIpc) is 3.33. The molecule has 2 unspecified atom stereocenters. The predicted molar refractivity (Wildman–Crippen MR) is 293 cm³/mol. The van der Waals surface area contributed by atoms with Crippen LogP contribution in [0.2, 0.25) is 0 Å². The van der Waals surface area contributed by atoms with Crippen LogP contribution in [0.25, 0.3) is 0 Å². The van der Waals surface area contributed by atoms with Crippen LogP contribution in [0, 0.1) is 0 Å². The van der Waals surface area contributed by atoms with Gasteiger partial charge in [0.1, 0.15) is 6.10 Å². The van der Waals surface area contributed by atoms with Crippen molar-refractivity contribution in [3.63, 3.8) is 0 Å². The Hall–Kier alpha value is -2.84. The molecular formula is C59H102NO7P. The van der Waals surface area contributed by atoms with Crippen molar-refractivity contribution in [2.75, 3.05) is 33.0 Å². The molecule has 0 aliphatic rings. The molecule has 0 aromatic carbocycles. The van der Waals surface area contributed by atoms with E-state index < -0.39 is 13.9 Å². The van der Waals surface area contributed by atoms with Crippen LogP contribution >= 0.6 is 7.82 Å². The molecule has 0 aromatic heterocycles. The molecule has 0 radical (unpaired) electrons. The van der Waals surface area contributed by atoms with Crippen molar-refractivity contribution < 1.29 is 32.8 Å². The standard InChI is InChI=1S/C59H102NO7P/c1-3-5-7-9-11-13-15-17-19-21-23-25-27-28-29-31-33-35-37-39-41-43-45-47-49-51-54-64-56-58(57-66-68(62,63)65-55-53-60)67-59(61)52-50-48-46-44-42-40-38-36-34-32-30-26-24-22-20-18-16-14-12-10-8-6-4-2/h5,7,11,13,16-19,22-25,28-30,32-33,35,58H,3-4,6,8-10,12,14-15,20-21,26-27,31,34,36-57,60H2,1-2H3,(H,62,63)/b7-5-,13-11-,18-16-,19-17-,24-22-,25-23-,29-28-,32-30-,35-33-. The fourth-order valence-corrected chi connectivity index (χ4v) is 7.95. The molecule has 9 heteroatoms. The highest BCUT2D eigenvalue weighted by Gasteiger charge is 2.25. The normalized spacial score (nSPS) is 14.1. The number of esters is 1. The maximum absolute atomic E-state index is 12.7. The number of phosphoric acid groups is 1. The number of phosphoric ester groups is 1. The number of hydrogen-bond donors (Lipinski definition) is 2. The highest BCUT2D eigenvalue weighted by molar-refractivity contribution is 7.47. The van der Waals surface area contributed by atoms with Crippen LogP contribution in [0.3, 0.4) is 0 Å². The third-order valence-electron chi connectivity index (χ3n) is 11.2. The largest absolute Gasteiger partial charge is 0.472 e. The highest BCUT2D eigenvalue weighted by atomic mass is 31.2. The first kappa shape index (κ1) is 65.2. The van der Waals surface area contributed by atoms with Gasteiger partial charge in [0.05, 0.1) is 19.8 Å². The minimum atomic E-state index is -4.30. The van der Waals surface area contributed by atoms with Gasteiger partial charge in [0.25, 0.3) is 0 Å². The van der Waals surface area contributed by atoms with Gasteiger partial charge in [-0.05, 0) is 103 Å². The summed E-state index contributed by atoms with van der Waals surface area (Å²) in [5.74, 6) is -0.345. The summed E-state index contributed by atoms with van der Waals surface area (Å²) in [5, 5.41) is 0. The van der Waals surface area contributed by atoms with E-state index in [9.17, 15) is 14.3 Å². The summed E-state index contributed by atoms with van der Waals surface area (Å²) in [4.78, 5) is 22.6. The zero-order valence-electron chi connectivity index (χ0n) is 43.6. The molecule has 0 spiro atoms. The van der Waals surface area contributed by atoms with E-state index >= 15 is 0 Å². The molecule has 2 atom stereocenters. The van der Waals surface area contributed by atoms with Crippen molar-refractivity contribution in [2.45, 2.75) is 225 Å². The molecule has 0 saturated carbocycles. The third kappa shape index (κ3) is 54.1. The number of nitrogens with two attached hydrogens (primary N) is 1. The van der Waals surface area contributed by atoms with Crippen LogP contribution in [0.15, 0.2) is 109 Å². The van der Waals surface area contributed by atoms with Crippen molar-refractivity contribution in [3.8, 4) is 0 Å². The summed E-state index contributed by atoms with van der Waals surface area (Å²) in [6, 6.07) is 0. The monoisotopic (exact) mass is 968 g/mol. The molecule has 390 valence electrons. The molecule has 0 heterocycles. The van der Waals surface area contributed by atoms with Crippen LogP contribution in [0.1, 0.15) is 219 Å². The zero-order chi connectivity index (χ0) is 49.4. The van der Waals surface area contributed by atoms with E-state index in [-0.39, 0.29) is 32.3 Å². The summed E-state index contributed by atoms with van der Waals surface area (Å²) in [7, 11) is -4.30. The fraction of sp³-hybridized carbons (Fsp3) is 0.678. The van der Waals surface area contributed by atoms with E-state index in [4.69, 9.17) is 24.3 Å². The summed E-state index contributed by atoms with van der Waals surface area (Å²) >= 11 is 0. The Morgan fingerprint density at radius 3 is 1.24 bits per heavy atom. The van der Waals surface area contributed by atoms with Gasteiger partial charge in [-0.15, -0.1) is 0 Å². The molecule has 0 aliphatic carbocycles. The van der Waals surface area contributed by atoms with E-state index in [1.165, 1.54) is 96.3 Å². The third-order valence-corrected chi connectivity index (χ3v) is 12.2. The van der Waals surface area contributed by atoms with Crippen molar-refractivity contribution in [3.05, 3.63) is 109 Å². The van der Waals surface area contributed by atoms with Crippen LogP contribution in [-0.2, 0) is 27.9 Å². The van der Waals surface area contributed by atoms with Gasteiger partial charge in [-0.25, -0.2) is 4.57 Å². The Morgan fingerprint density at radius 2 is 0.824 bits per heavy atom. The first-order chi connectivity index (χ1) is 33.4. The number of hydrogen-bond acceptors (Lipinski definition) is 7. The lowest BCUT2D eigenvalue weighted by atomic mass is 10.1. The Morgan fingerprint density at radius 1 is 0.456 bits per heavy atom. The maximum Gasteiger partial charge on any atom is 0.472 e. The van der Waals surface area contributed by atoms with Crippen LogP contribution < -0.4 is 5.73 Å². The number of ether oxygens (including phenoxy) is 2. The zero-order valence-corrected chi connectivity index (χ0v) is 44.4. The highest BCUT2D eigenvalue weighted by Crippen LogP contribution is 2.43. The lowest BCUT2D eigenvalue weighted by molar-refractivity contribution is -0.154. The summed E-state index contributed by atoms with van der Waals surface area (Å²) in [6.45, 7) is 4.75. The molecule has 0 amide bonds. The van der Waals surface area contributed by atoms with E-state index in [1.54, 1.807) is 0 Å². The fourth-order valence-electron chi connectivity index (χ4n) is 7.18. The van der Waals surface area contributed by atoms with Gasteiger partial charge >= 0.3 is 13.8 Å². The molecule has 0 rings (SSSR count). The van der Waals surface area contributed by atoms with E-state index in [1.807, 2.05) is 0 Å². The minimum Gasteiger partial charge on any atom is -0.457 e. The number of allylic oxidation sites excluding steroid dienone is 18. The topological polar surface area (TPSA) is 117 Å². The Bertz CT molecular complexity index is 1410. The maximum atomic E-state index is 12.7. The lowest BCUT2D eigenvalue weighted by Crippen LogP contribution is -2.28.